The summed E-state index contributed by atoms with van der Waals surface area (Å²) in [6, 6.07) is 8.13. The van der Waals surface area contributed by atoms with E-state index in [1.165, 1.54) is 5.56 Å². The summed E-state index contributed by atoms with van der Waals surface area (Å²) >= 11 is 0. The quantitative estimate of drug-likeness (QED) is 0.843. The van der Waals surface area contributed by atoms with Crippen molar-refractivity contribution in [3.05, 3.63) is 53.6 Å². The van der Waals surface area contributed by atoms with Crippen molar-refractivity contribution in [3.63, 3.8) is 0 Å². The fourth-order valence-electron chi connectivity index (χ4n) is 2.90. The molecule has 1 aliphatic rings. The van der Waals surface area contributed by atoms with Crippen LogP contribution in [-0.4, -0.2) is 39.8 Å². The number of likely N-dealkylation sites (tertiary alicyclic amines) is 1. The van der Waals surface area contributed by atoms with Gasteiger partial charge in [0.1, 0.15) is 0 Å². The number of imidazole rings is 1. The predicted molar refractivity (Wildman–Crippen MR) is 90.0 cm³/mol. The maximum atomic E-state index is 12.2. The Balaban J connectivity index is 1.48. The average Bonchev–Trinajstić information content (AvgIpc) is 3.20. The van der Waals surface area contributed by atoms with Crippen LogP contribution in [0.1, 0.15) is 23.2 Å². The van der Waals surface area contributed by atoms with Crippen LogP contribution in [0.25, 0.3) is 0 Å². The van der Waals surface area contributed by atoms with Crippen LogP contribution in [0.4, 0.5) is 0 Å². The molecule has 1 aromatic carbocycles. The Kier molecular flexibility index (Phi) is 4.93. The number of amides is 2. The highest BCUT2D eigenvalue weighted by Gasteiger charge is 2.33. The largest absolute Gasteiger partial charge is 0.355 e. The summed E-state index contributed by atoms with van der Waals surface area (Å²) in [4.78, 5) is 33.1. The van der Waals surface area contributed by atoms with Crippen molar-refractivity contribution in [3.8, 4) is 0 Å². The number of aromatic nitrogens is 2. The SMILES string of the molecule is Cc1ccc(CN2CC(C(=O)NCCc3cnc[nH]3)CC2=O)cc1. The number of nitrogens with zero attached hydrogens (tertiary/aromatic N) is 2. The molecule has 1 fully saturated rings. The van der Waals surface area contributed by atoms with E-state index >= 15 is 0 Å². The van der Waals surface area contributed by atoms with Gasteiger partial charge in [-0.1, -0.05) is 29.8 Å². The minimum absolute atomic E-state index is 0.0456. The van der Waals surface area contributed by atoms with Crippen LogP contribution in [0.15, 0.2) is 36.8 Å². The monoisotopic (exact) mass is 326 g/mol. The molecule has 0 aliphatic carbocycles. The van der Waals surface area contributed by atoms with Gasteiger partial charge in [0.15, 0.2) is 0 Å². The van der Waals surface area contributed by atoms with Crippen molar-refractivity contribution in [1.82, 2.24) is 20.2 Å². The lowest BCUT2D eigenvalue weighted by Crippen LogP contribution is -2.34. The molecule has 0 bridgehead atoms. The number of H-pyrrole nitrogens is 1. The topological polar surface area (TPSA) is 78.1 Å². The molecular formula is C18H22N4O2. The zero-order chi connectivity index (χ0) is 16.9. The van der Waals surface area contributed by atoms with Gasteiger partial charge >= 0.3 is 0 Å². The van der Waals surface area contributed by atoms with Crippen LogP contribution < -0.4 is 5.32 Å². The molecule has 0 radical (unpaired) electrons. The van der Waals surface area contributed by atoms with Crippen LogP contribution in [0.5, 0.6) is 0 Å². The van der Waals surface area contributed by atoms with Gasteiger partial charge in [-0.15, -0.1) is 0 Å². The molecule has 1 aliphatic heterocycles. The highest BCUT2D eigenvalue weighted by molar-refractivity contribution is 5.89. The van der Waals surface area contributed by atoms with Crippen LogP contribution in [0, 0.1) is 12.8 Å². The van der Waals surface area contributed by atoms with Gasteiger partial charge in [0.25, 0.3) is 0 Å². The van der Waals surface area contributed by atoms with Gasteiger partial charge in [-0.05, 0) is 12.5 Å². The number of rotatable bonds is 6. The number of benzene rings is 1. The van der Waals surface area contributed by atoms with Gasteiger partial charge in [0, 0.05) is 44.4 Å². The summed E-state index contributed by atoms with van der Waals surface area (Å²) in [7, 11) is 0. The van der Waals surface area contributed by atoms with Gasteiger partial charge in [-0.2, -0.15) is 0 Å². The molecule has 24 heavy (non-hydrogen) atoms. The molecule has 6 nitrogen and oxygen atoms in total. The maximum absolute atomic E-state index is 12.2. The molecule has 1 atom stereocenters. The third-order valence-electron chi connectivity index (χ3n) is 4.33. The summed E-state index contributed by atoms with van der Waals surface area (Å²) in [6.07, 6.45) is 4.37. The van der Waals surface area contributed by atoms with Gasteiger partial charge in [-0.25, -0.2) is 4.98 Å². The Morgan fingerprint density at radius 2 is 2.17 bits per heavy atom. The molecule has 1 saturated heterocycles. The Morgan fingerprint density at radius 1 is 1.38 bits per heavy atom. The maximum Gasteiger partial charge on any atom is 0.225 e. The minimum Gasteiger partial charge on any atom is -0.355 e. The van der Waals surface area contributed by atoms with Crippen molar-refractivity contribution >= 4 is 11.8 Å². The highest BCUT2D eigenvalue weighted by atomic mass is 16.2. The Labute approximate surface area is 141 Å². The first kappa shape index (κ1) is 16.2. The first-order valence-electron chi connectivity index (χ1n) is 8.20. The van der Waals surface area contributed by atoms with Crippen molar-refractivity contribution in [2.45, 2.75) is 26.3 Å². The number of aromatic amines is 1. The molecule has 0 spiro atoms. The summed E-state index contributed by atoms with van der Waals surface area (Å²) in [5.74, 6) is -0.261. The van der Waals surface area contributed by atoms with E-state index in [0.29, 0.717) is 32.5 Å². The third kappa shape index (κ3) is 4.01. The Hall–Kier alpha value is -2.63. The molecule has 1 aromatic heterocycles. The lowest BCUT2D eigenvalue weighted by Gasteiger charge is -2.17. The number of hydrogen-bond donors (Lipinski definition) is 2. The first-order chi connectivity index (χ1) is 11.6. The van der Waals surface area contributed by atoms with Crippen molar-refractivity contribution in [1.29, 1.82) is 0 Å². The lowest BCUT2D eigenvalue weighted by atomic mass is 10.1. The second kappa shape index (κ2) is 7.29. The van der Waals surface area contributed by atoms with Crippen molar-refractivity contribution in [2.75, 3.05) is 13.1 Å². The number of aryl methyl sites for hydroxylation is 1. The molecule has 1 unspecified atom stereocenters. The first-order valence-corrected chi connectivity index (χ1v) is 8.20. The second-order valence-corrected chi connectivity index (χ2v) is 6.28. The molecule has 2 amide bonds. The third-order valence-corrected chi connectivity index (χ3v) is 4.33. The van der Waals surface area contributed by atoms with E-state index in [1.807, 2.05) is 31.2 Å². The molecule has 2 aromatic rings. The van der Waals surface area contributed by atoms with E-state index < -0.39 is 0 Å². The van der Waals surface area contributed by atoms with E-state index in [1.54, 1.807) is 17.4 Å². The van der Waals surface area contributed by atoms with Crippen LogP contribution in [0.2, 0.25) is 0 Å². The van der Waals surface area contributed by atoms with E-state index in [2.05, 4.69) is 15.3 Å². The second-order valence-electron chi connectivity index (χ2n) is 6.28. The summed E-state index contributed by atoms with van der Waals surface area (Å²) in [5, 5.41) is 2.91. The predicted octanol–water partition coefficient (Wildman–Crippen LogP) is 1.43. The smallest absolute Gasteiger partial charge is 0.225 e. The summed E-state index contributed by atoms with van der Waals surface area (Å²) in [5.41, 5.74) is 3.27. The van der Waals surface area contributed by atoms with E-state index in [0.717, 1.165) is 11.3 Å². The molecular weight excluding hydrogens is 304 g/mol. The molecule has 2 heterocycles. The van der Waals surface area contributed by atoms with Gasteiger partial charge < -0.3 is 15.2 Å². The number of carbonyl (C=O) groups is 2. The zero-order valence-electron chi connectivity index (χ0n) is 13.8. The van der Waals surface area contributed by atoms with Crippen LogP contribution in [0.3, 0.4) is 0 Å². The number of hydrogen-bond acceptors (Lipinski definition) is 3. The number of nitrogens with one attached hydrogen (secondary N) is 2. The van der Waals surface area contributed by atoms with E-state index in [-0.39, 0.29) is 17.7 Å². The highest BCUT2D eigenvalue weighted by Crippen LogP contribution is 2.20. The van der Waals surface area contributed by atoms with Crippen molar-refractivity contribution in [2.24, 2.45) is 5.92 Å². The number of carbonyl (C=O) groups excluding carboxylic acids is 2. The summed E-state index contributed by atoms with van der Waals surface area (Å²) < 4.78 is 0. The fourth-order valence-corrected chi connectivity index (χ4v) is 2.90. The minimum atomic E-state index is -0.260. The van der Waals surface area contributed by atoms with E-state index in [9.17, 15) is 9.59 Å². The van der Waals surface area contributed by atoms with Gasteiger partial charge in [0.2, 0.25) is 11.8 Å². The van der Waals surface area contributed by atoms with Crippen molar-refractivity contribution < 1.29 is 9.59 Å². The molecule has 6 heteroatoms. The van der Waals surface area contributed by atoms with Crippen LogP contribution in [-0.2, 0) is 22.6 Å². The lowest BCUT2D eigenvalue weighted by molar-refractivity contribution is -0.129. The average molecular weight is 326 g/mol. The molecule has 0 saturated carbocycles. The Bertz CT molecular complexity index is 694. The molecule has 2 N–H and O–H groups in total. The van der Waals surface area contributed by atoms with E-state index in [4.69, 9.17) is 0 Å². The summed E-state index contributed by atoms with van der Waals surface area (Å²) in [6.45, 7) is 3.64. The molecule has 3 rings (SSSR count). The zero-order valence-corrected chi connectivity index (χ0v) is 13.8. The fraction of sp³-hybridized carbons (Fsp3) is 0.389. The van der Waals surface area contributed by atoms with Crippen LogP contribution >= 0.6 is 0 Å². The van der Waals surface area contributed by atoms with Gasteiger partial charge in [-0.3, -0.25) is 9.59 Å². The normalized spacial score (nSPS) is 17.3. The Morgan fingerprint density at radius 3 is 2.88 bits per heavy atom. The molecule has 126 valence electrons. The van der Waals surface area contributed by atoms with Gasteiger partial charge in [0.05, 0.1) is 12.2 Å². The standard InChI is InChI=1S/C18H22N4O2/c1-13-2-4-14(5-3-13)10-22-11-15(8-17(22)23)18(24)20-7-6-16-9-19-12-21-16/h2-5,9,12,15H,6-8,10-11H2,1H3,(H,19,21)(H,20,24).